The average molecular weight is 422 g/mol. The van der Waals surface area contributed by atoms with Gasteiger partial charge >= 0.3 is 5.97 Å². The van der Waals surface area contributed by atoms with Crippen LogP contribution in [0.2, 0.25) is 0 Å². The van der Waals surface area contributed by atoms with Crippen molar-refractivity contribution >= 4 is 28.3 Å². The molecule has 0 unspecified atom stereocenters. The highest BCUT2D eigenvalue weighted by molar-refractivity contribution is 7.08. The van der Waals surface area contributed by atoms with Crippen molar-refractivity contribution in [1.29, 1.82) is 0 Å². The van der Waals surface area contributed by atoms with Crippen LogP contribution in [-0.4, -0.2) is 23.3 Å². The van der Waals surface area contributed by atoms with E-state index in [1.165, 1.54) is 49.0 Å². The topological polar surface area (TPSA) is 97.0 Å². The van der Waals surface area contributed by atoms with Crippen molar-refractivity contribution < 1.29 is 24.2 Å². The number of esters is 1. The molecule has 7 heteroatoms. The molecule has 30 heavy (non-hydrogen) atoms. The van der Waals surface area contributed by atoms with E-state index in [2.05, 4.69) is 0 Å². The van der Waals surface area contributed by atoms with Gasteiger partial charge in [-0.3, -0.25) is 9.59 Å². The third-order valence-corrected chi connectivity index (χ3v) is 5.73. The number of fused-ring (bicyclic) bond motifs is 1. The Morgan fingerprint density at radius 3 is 2.57 bits per heavy atom. The molecular formula is C23H18O6S. The van der Waals surface area contributed by atoms with Gasteiger partial charge in [0.1, 0.15) is 23.3 Å². The predicted molar refractivity (Wildman–Crippen MR) is 114 cm³/mol. The molecule has 0 aliphatic rings. The first-order valence-corrected chi connectivity index (χ1v) is 10.1. The fraction of sp³-hybridized carbons (Fsp3) is 0.130. The van der Waals surface area contributed by atoms with Crippen molar-refractivity contribution in [3.63, 3.8) is 0 Å². The number of aromatic hydroxyl groups is 2. The molecule has 2 heterocycles. The summed E-state index contributed by atoms with van der Waals surface area (Å²) < 4.78 is 10.7. The Balaban J connectivity index is 1.92. The van der Waals surface area contributed by atoms with Crippen LogP contribution in [0.4, 0.5) is 0 Å². The second kappa shape index (κ2) is 8.04. The van der Waals surface area contributed by atoms with E-state index in [1.54, 1.807) is 12.1 Å². The van der Waals surface area contributed by atoms with Gasteiger partial charge in [0, 0.05) is 11.5 Å². The Morgan fingerprint density at radius 1 is 1.13 bits per heavy atom. The van der Waals surface area contributed by atoms with Gasteiger partial charge in [-0.05, 0) is 52.2 Å². The zero-order valence-electron chi connectivity index (χ0n) is 16.0. The van der Waals surface area contributed by atoms with Gasteiger partial charge in [0.25, 0.3) is 0 Å². The molecular weight excluding hydrogens is 404 g/mol. The zero-order chi connectivity index (χ0) is 21.3. The summed E-state index contributed by atoms with van der Waals surface area (Å²) >= 11 is 1.47. The summed E-state index contributed by atoms with van der Waals surface area (Å²) in [6.45, 7) is 0. The van der Waals surface area contributed by atoms with Gasteiger partial charge in [0.05, 0.1) is 24.5 Å². The van der Waals surface area contributed by atoms with Crippen molar-refractivity contribution in [2.24, 2.45) is 0 Å². The van der Waals surface area contributed by atoms with Gasteiger partial charge in [-0.25, -0.2) is 0 Å². The van der Waals surface area contributed by atoms with E-state index in [9.17, 15) is 19.8 Å². The van der Waals surface area contributed by atoms with E-state index in [4.69, 9.17) is 9.15 Å². The molecule has 0 spiro atoms. The summed E-state index contributed by atoms with van der Waals surface area (Å²) in [5, 5.41) is 24.2. The third kappa shape index (κ3) is 3.55. The SMILES string of the molecule is COC(=O)C[C@H](c1ccsc1)c1c(O)ccc2c(=O)c(-c3ccc(O)cc3)coc12. The first-order valence-electron chi connectivity index (χ1n) is 9.15. The largest absolute Gasteiger partial charge is 0.508 e. The fourth-order valence-electron chi connectivity index (χ4n) is 3.50. The minimum atomic E-state index is -0.532. The van der Waals surface area contributed by atoms with Crippen LogP contribution in [0.5, 0.6) is 11.5 Å². The number of rotatable bonds is 5. The number of phenols is 2. The normalized spacial score (nSPS) is 12.0. The highest BCUT2D eigenvalue weighted by Crippen LogP contribution is 2.40. The molecule has 1 atom stereocenters. The lowest BCUT2D eigenvalue weighted by atomic mass is 9.88. The molecule has 4 aromatic rings. The maximum absolute atomic E-state index is 13.2. The number of ether oxygens (including phenoxy) is 1. The molecule has 2 N–H and O–H groups in total. The third-order valence-electron chi connectivity index (χ3n) is 5.03. The van der Waals surface area contributed by atoms with Gasteiger partial charge in [-0.1, -0.05) is 12.1 Å². The summed E-state index contributed by atoms with van der Waals surface area (Å²) in [4.78, 5) is 25.2. The van der Waals surface area contributed by atoms with Crippen LogP contribution < -0.4 is 5.43 Å². The lowest BCUT2D eigenvalue weighted by Crippen LogP contribution is -2.12. The Hall–Kier alpha value is -3.58. The number of carbonyl (C=O) groups is 1. The quantitative estimate of drug-likeness (QED) is 0.455. The van der Waals surface area contributed by atoms with Gasteiger partial charge in [0.15, 0.2) is 0 Å². The second-order valence-corrected chi connectivity index (χ2v) is 7.57. The van der Waals surface area contributed by atoms with Crippen LogP contribution in [0.15, 0.2) is 68.7 Å². The summed E-state index contributed by atoms with van der Waals surface area (Å²) in [5.41, 5.74) is 2.07. The first-order chi connectivity index (χ1) is 14.5. The maximum atomic E-state index is 13.2. The zero-order valence-corrected chi connectivity index (χ0v) is 16.8. The molecule has 0 saturated heterocycles. The second-order valence-electron chi connectivity index (χ2n) is 6.79. The molecule has 0 saturated carbocycles. The van der Waals surface area contributed by atoms with Crippen molar-refractivity contribution in [3.8, 4) is 22.6 Å². The van der Waals surface area contributed by atoms with E-state index in [0.29, 0.717) is 22.1 Å². The van der Waals surface area contributed by atoms with Crippen LogP contribution >= 0.6 is 11.3 Å². The van der Waals surface area contributed by atoms with Crippen molar-refractivity contribution in [2.75, 3.05) is 7.11 Å². The molecule has 0 aliphatic heterocycles. The Morgan fingerprint density at radius 2 is 1.90 bits per heavy atom. The number of hydrogen-bond acceptors (Lipinski definition) is 7. The molecule has 0 bridgehead atoms. The number of benzene rings is 2. The summed E-state index contributed by atoms with van der Waals surface area (Å²) in [5.74, 6) is -0.943. The number of methoxy groups -OCH3 is 1. The van der Waals surface area contributed by atoms with Crippen molar-refractivity contribution in [1.82, 2.24) is 0 Å². The molecule has 2 aromatic carbocycles. The monoisotopic (exact) mass is 422 g/mol. The molecule has 2 aromatic heterocycles. The molecule has 0 radical (unpaired) electrons. The number of hydrogen-bond donors (Lipinski definition) is 2. The van der Waals surface area contributed by atoms with Gasteiger partial charge in [-0.2, -0.15) is 11.3 Å². The van der Waals surface area contributed by atoms with Crippen molar-refractivity contribution in [3.05, 3.63) is 80.8 Å². The molecule has 0 amide bonds. The van der Waals surface area contributed by atoms with Gasteiger partial charge < -0.3 is 19.4 Å². The number of carbonyl (C=O) groups excluding carboxylic acids is 1. The Kier molecular flexibility index (Phi) is 5.29. The lowest BCUT2D eigenvalue weighted by Gasteiger charge is -2.18. The van der Waals surface area contributed by atoms with Crippen molar-refractivity contribution in [2.45, 2.75) is 12.3 Å². The van der Waals surface area contributed by atoms with Crippen LogP contribution in [0.1, 0.15) is 23.5 Å². The molecule has 152 valence electrons. The molecule has 0 aliphatic carbocycles. The number of thiophene rings is 1. The highest BCUT2D eigenvalue weighted by atomic mass is 32.1. The van der Waals surface area contributed by atoms with Crippen LogP contribution in [0, 0.1) is 0 Å². The Bertz CT molecular complexity index is 1260. The summed E-state index contributed by atoms with van der Waals surface area (Å²) in [6.07, 6.45) is 1.33. The first kappa shape index (κ1) is 19.7. The smallest absolute Gasteiger partial charge is 0.306 e. The number of phenolic OH excluding ortho intramolecular Hbond substituents is 2. The molecule has 4 rings (SSSR count). The van der Waals surface area contributed by atoms with Crippen LogP contribution in [0.25, 0.3) is 22.1 Å². The average Bonchev–Trinajstić information content (AvgIpc) is 3.28. The molecule has 6 nitrogen and oxygen atoms in total. The standard InChI is InChI=1S/C23H18O6S/c1-28-20(26)10-17(14-8-9-30-12-14)21-19(25)7-6-16-22(27)18(11-29-23(16)21)13-2-4-15(24)5-3-13/h2-9,11-12,17,24-25H,10H2,1H3/t17-/m1/s1. The summed E-state index contributed by atoms with van der Waals surface area (Å²) in [6, 6.07) is 11.0. The van der Waals surface area contributed by atoms with E-state index >= 15 is 0 Å². The predicted octanol–water partition coefficient (Wildman–Crippen LogP) is 4.63. The van der Waals surface area contributed by atoms with Gasteiger partial charge in [0.2, 0.25) is 5.43 Å². The lowest BCUT2D eigenvalue weighted by molar-refractivity contribution is -0.140. The van der Waals surface area contributed by atoms with E-state index < -0.39 is 11.9 Å². The fourth-order valence-corrected chi connectivity index (χ4v) is 4.21. The van der Waals surface area contributed by atoms with E-state index in [1.807, 2.05) is 16.8 Å². The Labute approximate surface area is 175 Å². The maximum Gasteiger partial charge on any atom is 0.306 e. The van der Waals surface area contributed by atoms with Crippen LogP contribution in [-0.2, 0) is 9.53 Å². The minimum Gasteiger partial charge on any atom is -0.508 e. The van der Waals surface area contributed by atoms with E-state index in [0.717, 1.165) is 5.56 Å². The molecule has 0 fully saturated rings. The van der Waals surface area contributed by atoms with Crippen LogP contribution in [0.3, 0.4) is 0 Å². The highest BCUT2D eigenvalue weighted by Gasteiger charge is 2.26. The minimum absolute atomic E-state index is 0.0106. The van der Waals surface area contributed by atoms with Gasteiger partial charge in [-0.15, -0.1) is 0 Å². The summed E-state index contributed by atoms with van der Waals surface area (Å²) in [7, 11) is 1.31. The van der Waals surface area contributed by atoms with E-state index in [-0.39, 0.29) is 28.9 Å².